The van der Waals surface area contributed by atoms with Crippen LogP contribution in [-0.4, -0.2) is 35.4 Å². The molecule has 0 radical (unpaired) electrons. The van der Waals surface area contributed by atoms with Crippen LogP contribution in [0.1, 0.15) is 25.5 Å². The number of hydrogen-bond donors (Lipinski definition) is 2. The third-order valence-corrected chi connectivity index (χ3v) is 3.63. The molecule has 0 saturated carbocycles. The largest absolute Gasteiger partial charge is 0.464 e. The summed E-state index contributed by atoms with van der Waals surface area (Å²) in [5.74, 6) is 0.515. The zero-order chi connectivity index (χ0) is 13.3. The number of likely N-dealkylation sites (tertiary alicyclic amines) is 1. The van der Waals surface area contributed by atoms with Crippen molar-refractivity contribution < 1.29 is 9.84 Å². The SMILES string of the molecule is CC(O)Oc1cccc(C(C)N2CC(N)C2)c1Cl. The van der Waals surface area contributed by atoms with Gasteiger partial charge in [0.15, 0.2) is 6.29 Å². The molecule has 0 bridgehead atoms. The first-order valence-electron chi connectivity index (χ1n) is 6.11. The average molecular weight is 271 g/mol. The highest BCUT2D eigenvalue weighted by molar-refractivity contribution is 6.32. The van der Waals surface area contributed by atoms with E-state index in [4.69, 9.17) is 22.1 Å². The van der Waals surface area contributed by atoms with Crippen molar-refractivity contribution in [1.29, 1.82) is 0 Å². The molecule has 0 aromatic heterocycles. The third-order valence-electron chi connectivity index (χ3n) is 3.23. The van der Waals surface area contributed by atoms with Gasteiger partial charge in [-0.3, -0.25) is 4.90 Å². The van der Waals surface area contributed by atoms with Gasteiger partial charge in [-0.1, -0.05) is 23.7 Å². The van der Waals surface area contributed by atoms with Gasteiger partial charge in [0.1, 0.15) is 5.75 Å². The van der Waals surface area contributed by atoms with Crippen LogP contribution in [0.4, 0.5) is 0 Å². The van der Waals surface area contributed by atoms with E-state index in [1.54, 1.807) is 13.0 Å². The molecule has 0 spiro atoms. The lowest BCUT2D eigenvalue weighted by molar-refractivity contribution is -0.000406. The Balaban J connectivity index is 2.17. The van der Waals surface area contributed by atoms with Gasteiger partial charge < -0.3 is 15.6 Å². The molecule has 1 aliphatic heterocycles. The Morgan fingerprint density at radius 2 is 2.11 bits per heavy atom. The van der Waals surface area contributed by atoms with Crippen molar-refractivity contribution >= 4 is 11.6 Å². The molecular weight excluding hydrogens is 252 g/mol. The number of benzene rings is 1. The van der Waals surface area contributed by atoms with Gasteiger partial charge in [0.25, 0.3) is 0 Å². The fourth-order valence-corrected chi connectivity index (χ4v) is 2.52. The molecule has 5 heteroatoms. The van der Waals surface area contributed by atoms with E-state index in [1.807, 2.05) is 12.1 Å². The maximum atomic E-state index is 9.25. The minimum Gasteiger partial charge on any atom is -0.464 e. The number of hydrogen-bond acceptors (Lipinski definition) is 4. The zero-order valence-corrected chi connectivity index (χ0v) is 11.4. The number of nitrogens with zero attached hydrogens (tertiary/aromatic N) is 1. The maximum Gasteiger partial charge on any atom is 0.194 e. The lowest BCUT2D eigenvalue weighted by Gasteiger charge is -2.41. The van der Waals surface area contributed by atoms with Crippen LogP contribution in [0.2, 0.25) is 5.02 Å². The molecule has 1 aromatic carbocycles. The van der Waals surface area contributed by atoms with Gasteiger partial charge in [-0.05, 0) is 25.5 Å². The van der Waals surface area contributed by atoms with Gasteiger partial charge in [-0.2, -0.15) is 0 Å². The van der Waals surface area contributed by atoms with Crippen LogP contribution in [-0.2, 0) is 0 Å². The first-order chi connectivity index (χ1) is 8.49. The lowest BCUT2D eigenvalue weighted by atomic mass is 10.0. The van der Waals surface area contributed by atoms with Crippen LogP contribution in [0.5, 0.6) is 5.75 Å². The second-order valence-electron chi connectivity index (χ2n) is 4.77. The molecule has 1 heterocycles. The average Bonchev–Trinajstić information content (AvgIpc) is 2.26. The van der Waals surface area contributed by atoms with Crippen molar-refractivity contribution in [2.45, 2.75) is 32.2 Å². The first-order valence-corrected chi connectivity index (χ1v) is 6.49. The normalized spacial score (nSPS) is 20.3. The van der Waals surface area contributed by atoms with Crippen molar-refractivity contribution in [1.82, 2.24) is 4.90 Å². The highest BCUT2D eigenvalue weighted by Crippen LogP contribution is 2.35. The molecule has 0 aliphatic carbocycles. The van der Waals surface area contributed by atoms with E-state index in [9.17, 15) is 5.11 Å². The predicted octanol–water partition coefficient (Wildman–Crippen LogP) is 1.76. The molecule has 1 aromatic rings. The summed E-state index contributed by atoms with van der Waals surface area (Å²) in [6.07, 6.45) is -0.870. The summed E-state index contributed by atoms with van der Waals surface area (Å²) in [7, 11) is 0. The number of rotatable bonds is 4. The molecule has 0 amide bonds. The highest BCUT2D eigenvalue weighted by Gasteiger charge is 2.29. The van der Waals surface area contributed by atoms with Gasteiger partial charge in [-0.25, -0.2) is 0 Å². The van der Waals surface area contributed by atoms with E-state index in [0.717, 1.165) is 18.7 Å². The molecule has 1 saturated heterocycles. The minimum absolute atomic E-state index is 0.204. The number of halogens is 1. The predicted molar refractivity (Wildman–Crippen MR) is 71.7 cm³/mol. The van der Waals surface area contributed by atoms with Crippen molar-refractivity contribution in [3.63, 3.8) is 0 Å². The Kier molecular flexibility index (Phi) is 4.12. The fourth-order valence-electron chi connectivity index (χ4n) is 2.19. The van der Waals surface area contributed by atoms with Gasteiger partial charge in [0, 0.05) is 25.2 Å². The van der Waals surface area contributed by atoms with Crippen molar-refractivity contribution in [3.8, 4) is 5.75 Å². The summed E-state index contributed by atoms with van der Waals surface area (Å²) in [5, 5.41) is 9.81. The Bertz CT molecular complexity index is 419. The van der Waals surface area contributed by atoms with Crippen LogP contribution < -0.4 is 10.5 Å². The van der Waals surface area contributed by atoms with Crippen LogP contribution >= 0.6 is 11.6 Å². The summed E-state index contributed by atoms with van der Waals surface area (Å²) in [6.45, 7) is 5.43. The third kappa shape index (κ3) is 2.78. The molecule has 1 aliphatic rings. The Morgan fingerprint density at radius 3 is 2.67 bits per heavy atom. The molecule has 2 unspecified atom stereocenters. The van der Waals surface area contributed by atoms with E-state index >= 15 is 0 Å². The molecule has 100 valence electrons. The van der Waals surface area contributed by atoms with E-state index in [-0.39, 0.29) is 12.1 Å². The van der Waals surface area contributed by atoms with E-state index in [2.05, 4.69) is 11.8 Å². The minimum atomic E-state index is -0.870. The summed E-state index contributed by atoms with van der Waals surface area (Å²) in [6, 6.07) is 6.09. The van der Waals surface area contributed by atoms with Gasteiger partial charge in [0.05, 0.1) is 5.02 Å². The molecule has 3 N–H and O–H groups in total. The zero-order valence-electron chi connectivity index (χ0n) is 10.6. The number of ether oxygens (including phenoxy) is 1. The van der Waals surface area contributed by atoms with Crippen molar-refractivity contribution in [2.75, 3.05) is 13.1 Å². The molecule has 18 heavy (non-hydrogen) atoms. The smallest absolute Gasteiger partial charge is 0.194 e. The van der Waals surface area contributed by atoms with Crippen LogP contribution in [0, 0.1) is 0 Å². The molecule has 4 nitrogen and oxygen atoms in total. The van der Waals surface area contributed by atoms with E-state index in [0.29, 0.717) is 10.8 Å². The molecular formula is C13H19ClN2O2. The highest BCUT2D eigenvalue weighted by atomic mass is 35.5. The van der Waals surface area contributed by atoms with E-state index in [1.165, 1.54) is 0 Å². The Morgan fingerprint density at radius 1 is 1.44 bits per heavy atom. The first kappa shape index (κ1) is 13.6. The van der Waals surface area contributed by atoms with Crippen LogP contribution in [0.15, 0.2) is 18.2 Å². The van der Waals surface area contributed by atoms with E-state index < -0.39 is 6.29 Å². The lowest BCUT2D eigenvalue weighted by Crippen LogP contribution is -2.56. The number of aliphatic hydroxyl groups excluding tert-OH is 1. The summed E-state index contributed by atoms with van der Waals surface area (Å²) >= 11 is 6.32. The Hall–Kier alpha value is -0.810. The summed E-state index contributed by atoms with van der Waals surface area (Å²) in [4.78, 5) is 2.26. The Labute approximate surface area is 112 Å². The molecule has 2 rings (SSSR count). The monoisotopic (exact) mass is 270 g/mol. The number of nitrogens with two attached hydrogens (primary N) is 1. The second-order valence-corrected chi connectivity index (χ2v) is 5.14. The van der Waals surface area contributed by atoms with Gasteiger partial charge in [-0.15, -0.1) is 0 Å². The van der Waals surface area contributed by atoms with Crippen LogP contribution in [0.25, 0.3) is 0 Å². The molecule has 2 atom stereocenters. The standard InChI is InChI=1S/C13H19ClN2O2/c1-8(16-6-10(15)7-16)11-4-3-5-12(13(11)14)18-9(2)17/h3-5,8-10,17H,6-7,15H2,1-2H3. The van der Waals surface area contributed by atoms with Crippen LogP contribution in [0.3, 0.4) is 0 Å². The van der Waals surface area contributed by atoms with Gasteiger partial charge >= 0.3 is 0 Å². The maximum absolute atomic E-state index is 9.25. The second kappa shape index (κ2) is 5.45. The van der Waals surface area contributed by atoms with Crippen molar-refractivity contribution in [2.24, 2.45) is 5.73 Å². The van der Waals surface area contributed by atoms with Gasteiger partial charge in [0.2, 0.25) is 0 Å². The van der Waals surface area contributed by atoms with Crippen molar-refractivity contribution in [3.05, 3.63) is 28.8 Å². The quantitative estimate of drug-likeness (QED) is 0.819. The topological polar surface area (TPSA) is 58.7 Å². The summed E-state index contributed by atoms with van der Waals surface area (Å²) < 4.78 is 5.27. The summed E-state index contributed by atoms with van der Waals surface area (Å²) in [5.41, 5.74) is 6.79. The fraction of sp³-hybridized carbons (Fsp3) is 0.538. The number of aliphatic hydroxyl groups is 1. The molecule has 1 fully saturated rings.